The number of carbonyl (C=O) groups is 2. The monoisotopic (exact) mass is 239 g/mol. The maximum absolute atomic E-state index is 11.4. The first-order chi connectivity index (χ1) is 8.02. The summed E-state index contributed by atoms with van der Waals surface area (Å²) in [5, 5.41) is 11.8. The van der Waals surface area contributed by atoms with E-state index in [1.807, 2.05) is 26.8 Å². The fourth-order valence-electron chi connectivity index (χ4n) is 1.45. The van der Waals surface area contributed by atoms with Gasteiger partial charge in [-0.15, -0.1) is 0 Å². The van der Waals surface area contributed by atoms with E-state index in [2.05, 4.69) is 5.32 Å². The summed E-state index contributed by atoms with van der Waals surface area (Å²) >= 11 is 0. The molecule has 0 unspecified atom stereocenters. The van der Waals surface area contributed by atoms with Crippen LogP contribution in [0.3, 0.4) is 0 Å². The van der Waals surface area contributed by atoms with Gasteiger partial charge in [-0.2, -0.15) is 0 Å². The molecular weight excluding hydrogens is 218 g/mol. The molecule has 96 valence electrons. The average molecular weight is 239 g/mol. The van der Waals surface area contributed by atoms with Crippen molar-refractivity contribution in [1.29, 1.82) is 0 Å². The third-order valence-corrected chi connectivity index (χ3v) is 2.96. The number of allylic oxidation sites excluding steroid dienone is 3. The molecule has 2 N–H and O–H groups in total. The van der Waals surface area contributed by atoms with Gasteiger partial charge in [-0.25, -0.2) is 0 Å². The summed E-state index contributed by atoms with van der Waals surface area (Å²) in [7, 11) is 0. The first kappa shape index (κ1) is 15.4. The first-order valence-electron chi connectivity index (χ1n) is 5.83. The number of carboxylic acid groups (broad SMARTS) is 1. The number of carboxylic acids is 1. The highest BCUT2D eigenvalue weighted by molar-refractivity contribution is 5.88. The Morgan fingerprint density at radius 1 is 1.24 bits per heavy atom. The molecule has 0 atom stereocenters. The van der Waals surface area contributed by atoms with Gasteiger partial charge in [0.25, 0.3) is 0 Å². The van der Waals surface area contributed by atoms with Crippen molar-refractivity contribution in [1.82, 2.24) is 5.32 Å². The van der Waals surface area contributed by atoms with E-state index in [1.54, 1.807) is 12.2 Å². The number of carbonyl (C=O) groups excluding carboxylic acids is 1. The molecule has 4 heteroatoms. The summed E-state index contributed by atoms with van der Waals surface area (Å²) in [6.07, 6.45) is 7.55. The van der Waals surface area contributed by atoms with Gasteiger partial charge in [-0.3, -0.25) is 9.59 Å². The Morgan fingerprint density at radius 2 is 1.82 bits per heavy atom. The smallest absolute Gasteiger partial charge is 0.311 e. The number of aliphatic carboxylic acids is 1. The van der Waals surface area contributed by atoms with Crippen LogP contribution in [0.5, 0.6) is 0 Å². The molecule has 0 saturated carbocycles. The lowest BCUT2D eigenvalue weighted by Crippen LogP contribution is -2.41. The van der Waals surface area contributed by atoms with E-state index >= 15 is 0 Å². The van der Waals surface area contributed by atoms with Crippen molar-refractivity contribution >= 4 is 11.9 Å². The Hall–Kier alpha value is -1.58. The van der Waals surface area contributed by atoms with Crippen molar-refractivity contribution in [3.63, 3.8) is 0 Å². The van der Waals surface area contributed by atoms with Crippen molar-refractivity contribution < 1.29 is 14.7 Å². The largest absolute Gasteiger partial charge is 0.481 e. The molecular formula is C13H21NO3. The number of nitrogens with one attached hydrogen (secondary N) is 1. The summed E-state index contributed by atoms with van der Waals surface area (Å²) in [6.45, 7) is 5.65. The molecule has 0 radical (unpaired) electrons. The zero-order chi connectivity index (χ0) is 13.3. The molecule has 0 aliphatic rings. The van der Waals surface area contributed by atoms with Crippen LogP contribution < -0.4 is 5.32 Å². The molecule has 0 aromatic heterocycles. The molecule has 0 bridgehead atoms. The van der Waals surface area contributed by atoms with Gasteiger partial charge in [-0.05, 0) is 19.8 Å². The topological polar surface area (TPSA) is 66.4 Å². The average Bonchev–Trinajstić information content (AvgIpc) is 2.31. The van der Waals surface area contributed by atoms with Gasteiger partial charge in [0, 0.05) is 12.6 Å². The highest BCUT2D eigenvalue weighted by atomic mass is 16.4. The lowest BCUT2D eigenvalue weighted by Gasteiger charge is -2.26. The van der Waals surface area contributed by atoms with Crippen LogP contribution in [0.4, 0.5) is 0 Å². The highest BCUT2D eigenvalue weighted by Crippen LogP contribution is 2.25. The maximum atomic E-state index is 11.4. The number of hydrogen-bond acceptors (Lipinski definition) is 2. The van der Waals surface area contributed by atoms with Gasteiger partial charge in [0.05, 0.1) is 5.41 Å². The predicted molar refractivity (Wildman–Crippen MR) is 67.6 cm³/mol. The summed E-state index contributed by atoms with van der Waals surface area (Å²) < 4.78 is 0. The molecule has 0 rings (SSSR count). The van der Waals surface area contributed by atoms with E-state index in [9.17, 15) is 14.7 Å². The summed E-state index contributed by atoms with van der Waals surface area (Å²) in [5.41, 5.74) is -0.857. The van der Waals surface area contributed by atoms with Gasteiger partial charge in [0.15, 0.2) is 0 Å². The van der Waals surface area contributed by atoms with E-state index in [4.69, 9.17) is 0 Å². The second-order valence-corrected chi connectivity index (χ2v) is 3.90. The minimum absolute atomic E-state index is 0.161. The van der Waals surface area contributed by atoms with Crippen molar-refractivity contribution in [2.75, 3.05) is 6.54 Å². The van der Waals surface area contributed by atoms with Crippen molar-refractivity contribution in [2.45, 2.75) is 33.6 Å². The van der Waals surface area contributed by atoms with Gasteiger partial charge < -0.3 is 10.4 Å². The van der Waals surface area contributed by atoms with Gasteiger partial charge in [-0.1, -0.05) is 32.1 Å². The van der Waals surface area contributed by atoms with Crippen LogP contribution in [0.1, 0.15) is 33.6 Å². The van der Waals surface area contributed by atoms with Gasteiger partial charge >= 0.3 is 5.97 Å². The van der Waals surface area contributed by atoms with Crippen LogP contribution in [-0.2, 0) is 9.59 Å². The minimum atomic E-state index is -0.861. The van der Waals surface area contributed by atoms with E-state index in [0.717, 1.165) is 0 Å². The van der Waals surface area contributed by atoms with E-state index in [0.29, 0.717) is 12.8 Å². The Labute approximate surface area is 102 Å². The van der Waals surface area contributed by atoms with E-state index in [1.165, 1.54) is 6.08 Å². The van der Waals surface area contributed by atoms with Crippen LogP contribution >= 0.6 is 0 Å². The van der Waals surface area contributed by atoms with Crippen LogP contribution in [0.2, 0.25) is 0 Å². The molecule has 0 heterocycles. The van der Waals surface area contributed by atoms with Crippen molar-refractivity contribution in [2.24, 2.45) is 5.41 Å². The molecule has 0 spiro atoms. The molecule has 0 aromatic rings. The molecule has 4 nitrogen and oxygen atoms in total. The summed E-state index contributed by atoms with van der Waals surface area (Å²) in [4.78, 5) is 22.6. The van der Waals surface area contributed by atoms with Crippen molar-refractivity contribution in [3.8, 4) is 0 Å². The first-order valence-corrected chi connectivity index (χ1v) is 5.83. The van der Waals surface area contributed by atoms with E-state index < -0.39 is 11.4 Å². The second-order valence-electron chi connectivity index (χ2n) is 3.90. The van der Waals surface area contributed by atoms with Gasteiger partial charge in [0.2, 0.25) is 5.91 Å². The normalized spacial score (nSPS) is 12.2. The third-order valence-electron chi connectivity index (χ3n) is 2.96. The minimum Gasteiger partial charge on any atom is -0.481 e. The third kappa shape index (κ3) is 4.85. The zero-order valence-corrected chi connectivity index (χ0v) is 10.7. The van der Waals surface area contributed by atoms with Crippen molar-refractivity contribution in [3.05, 3.63) is 24.3 Å². The second kappa shape index (κ2) is 7.65. The predicted octanol–water partition coefficient (Wildman–Crippen LogP) is 2.13. The van der Waals surface area contributed by atoms with E-state index in [-0.39, 0.29) is 12.5 Å². The lowest BCUT2D eigenvalue weighted by atomic mass is 9.82. The molecule has 0 aliphatic heterocycles. The Bertz CT molecular complexity index is 315. The summed E-state index contributed by atoms with van der Waals surface area (Å²) in [5.74, 6) is -1.13. The zero-order valence-electron chi connectivity index (χ0n) is 10.7. The van der Waals surface area contributed by atoms with Crippen LogP contribution in [0.15, 0.2) is 24.3 Å². The molecule has 1 amide bonds. The highest BCUT2D eigenvalue weighted by Gasteiger charge is 2.34. The maximum Gasteiger partial charge on any atom is 0.311 e. The van der Waals surface area contributed by atoms with Crippen LogP contribution in [0, 0.1) is 5.41 Å². The Balaban J connectivity index is 4.41. The number of amides is 1. The standard InChI is InChI=1S/C13H21NO3/c1-4-7-8-9-11(15)14-10-13(5-2,6-3)12(16)17/h4,7-9H,5-6,10H2,1-3H3,(H,14,15)(H,16,17)/b7-4?,9-8+. The van der Waals surface area contributed by atoms with Gasteiger partial charge in [0.1, 0.15) is 0 Å². The molecule has 0 saturated heterocycles. The van der Waals surface area contributed by atoms with Crippen LogP contribution in [0.25, 0.3) is 0 Å². The SMILES string of the molecule is CC=C/C=C/C(=O)NCC(CC)(CC)C(=O)O. The molecule has 0 aliphatic carbocycles. The number of rotatable bonds is 7. The Morgan fingerprint density at radius 3 is 2.24 bits per heavy atom. The fourth-order valence-corrected chi connectivity index (χ4v) is 1.45. The Kier molecular flexibility index (Phi) is 6.94. The quantitative estimate of drug-likeness (QED) is 0.528. The molecule has 0 aromatic carbocycles. The lowest BCUT2D eigenvalue weighted by molar-refractivity contribution is -0.149. The number of hydrogen-bond donors (Lipinski definition) is 2. The summed E-state index contributed by atoms with van der Waals surface area (Å²) in [6, 6.07) is 0. The molecule has 17 heavy (non-hydrogen) atoms. The molecule has 0 fully saturated rings. The van der Waals surface area contributed by atoms with Crippen LogP contribution in [-0.4, -0.2) is 23.5 Å². The fraction of sp³-hybridized carbons (Fsp3) is 0.538.